The number of alkyl halides is 1. The lowest BCUT2D eigenvalue weighted by molar-refractivity contribution is -0.137. The normalized spacial score (nSPS) is 16.3. The molecular formula is C17H20BrNO6. The van der Waals surface area contributed by atoms with E-state index in [4.69, 9.17) is 14.2 Å². The van der Waals surface area contributed by atoms with Gasteiger partial charge in [-0.05, 0) is 11.6 Å². The molecule has 1 heterocycles. The Bertz CT molecular complexity index is 613. The maximum atomic E-state index is 11.9. The van der Waals surface area contributed by atoms with Gasteiger partial charge in [0, 0.05) is 6.42 Å². The van der Waals surface area contributed by atoms with Gasteiger partial charge >= 0.3 is 12.1 Å². The number of amides is 1. The summed E-state index contributed by atoms with van der Waals surface area (Å²) in [6.07, 6.45) is 1.02. The molecule has 1 saturated heterocycles. The van der Waals surface area contributed by atoms with Crippen LogP contribution in [0.4, 0.5) is 4.79 Å². The Hall–Kier alpha value is -1.90. The van der Waals surface area contributed by atoms with E-state index >= 15 is 0 Å². The fourth-order valence-electron chi connectivity index (χ4n) is 2.17. The predicted molar refractivity (Wildman–Crippen MR) is 92.9 cm³/mol. The van der Waals surface area contributed by atoms with E-state index in [1.54, 1.807) is 0 Å². The third-order valence-corrected chi connectivity index (χ3v) is 4.34. The molecule has 1 N–H and O–H groups in total. The molecule has 1 amide bonds. The molecule has 0 bridgehead atoms. The second-order valence-corrected chi connectivity index (χ2v) is 5.80. The van der Waals surface area contributed by atoms with Gasteiger partial charge in [0.25, 0.3) is 0 Å². The highest BCUT2D eigenvalue weighted by Gasteiger charge is 2.35. The smallest absolute Gasteiger partial charge is 0.412 e. The van der Waals surface area contributed by atoms with Crippen molar-refractivity contribution in [2.24, 2.45) is 0 Å². The lowest BCUT2D eigenvalue weighted by Gasteiger charge is -2.23. The van der Waals surface area contributed by atoms with Crippen molar-refractivity contribution in [3.05, 3.63) is 47.7 Å². The summed E-state index contributed by atoms with van der Waals surface area (Å²) in [5, 5.41) is 2.84. The first-order valence-corrected chi connectivity index (χ1v) is 8.81. The Balaban J connectivity index is 1.95. The van der Waals surface area contributed by atoms with Crippen LogP contribution in [0.25, 0.3) is 0 Å². The maximum absolute atomic E-state index is 11.9. The second-order valence-electron chi connectivity index (χ2n) is 5.24. The van der Waals surface area contributed by atoms with E-state index in [9.17, 15) is 9.59 Å². The van der Waals surface area contributed by atoms with E-state index in [-0.39, 0.29) is 18.7 Å². The molecule has 8 heteroatoms. The van der Waals surface area contributed by atoms with E-state index in [2.05, 4.69) is 26.0 Å². The molecule has 25 heavy (non-hydrogen) atoms. The molecule has 0 atom stereocenters. The maximum Gasteiger partial charge on any atom is 0.412 e. The van der Waals surface area contributed by atoms with Gasteiger partial charge < -0.3 is 18.9 Å². The van der Waals surface area contributed by atoms with E-state index < -0.39 is 17.8 Å². The average molecular weight is 414 g/mol. The lowest BCUT2D eigenvalue weighted by atomic mass is 10.2. The molecule has 0 radical (unpaired) electrons. The van der Waals surface area contributed by atoms with Gasteiger partial charge in [0.05, 0.1) is 25.7 Å². The Kier molecular flexibility index (Phi) is 7.42. The summed E-state index contributed by atoms with van der Waals surface area (Å²) >= 11 is 3.33. The summed E-state index contributed by atoms with van der Waals surface area (Å²) in [6.45, 7) is 1.04. The topological polar surface area (TPSA) is 83.1 Å². The Morgan fingerprint density at radius 2 is 1.96 bits per heavy atom. The molecule has 1 fully saturated rings. The molecule has 0 spiro atoms. The van der Waals surface area contributed by atoms with Crippen molar-refractivity contribution < 1.29 is 28.5 Å². The average Bonchev–Trinajstić information content (AvgIpc) is 3.13. The number of methoxy groups -OCH3 is 1. The standard InChI is InChI=1S/C17H20BrNO6/c1-22-15(20)14(7-8-17(12-18)24-9-10-25-17)19-16(21)23-11-13-5-3-2-4-6-13/h2-7H,8-12H2,1H3,(H,19,21). The fourth-order valence-corrected chi connectivity index (χ4v) is 2.72. The molecule has 0 aliphatic carbocycles. The van der Waals surface area contributed by atoms with Gasteiger partial charge in [-0.3, -0.25) is 5.32 Å². The first kappa shape index (κ1) is 19.4. The van der Waals surface area contributed by atoms with Gasteiger partial charge in [-0.2, -0.15) is 0 Å². The zero-order valence-electron chi connectivity index (χ0n) is 13.8. The van der Waals surface area contributed by atoms with Crippen LogP contribution in [0.2, 0.25) is 0 Å². The largest absolute Gasteiger partial charge is 0.464 e. The number of benzene rings is 1. The Morgan fingerprint density at radius 1 is 1.28 bits per heavy atom. The molecule has 0 unspecified atom stereocenters. The van der Waals surface area contributed by atoms with Crippen molar-refractivity contribution in [2.45, 2.75) is 18.8 Å². The number of alkyl carbamates (subject to hydrolysis) is 1. The van der Waals surface area contributed by atoms with E-state index in [1.165, 1.54) is 13.2 Å². The summed E-state index contributed by atoms with van der Waals surface area (Å²) in [7, 11) is 1.23. The van der Waals surface area contributed by atoms with Crippen LogP contribution in [0.1, 0.15) is 12.0 Å². The van der Waals surface area contributed by atoms with Crippen molar-refractivity contribution in [2.75, 3.05) is 25.7 Å². The summed E-state index contributed by atoms with van der Waals surface area (Å²) < 4.78 is 20.9. The van der Waals surface area contributed by atoms with Crippen LogP contribution in [-0.2, 0) is 30.3 Å². The van der Waals surface area contributed by atoms with Gasteiger partial charge in [-0.15, -0.1) is 0 Å². The van der Waals surface area contributed by atoms with Crippen LogP contribution in [0.5, 0.6) is 0 Å². The van der Waals surface area contributed by atoms with Crippen LogP contribution in [0, 0.1) is 0 Å². The first-order valence-electron chi connectivity index (χ1n) is 7.68. The highest BCUT2D eigenvalue weighted by molar-refractivity contribution is 9.09. The van der Waals surface area contributed by atoms with Gasteiger partial charge in [0.15, 0.2) is 5.79 Å². The number of carbonyl (C=O) groups excluding carboxylic acids is 2. The lowest BCUT2D eigenvalue weighted by Crippen LogP contribution is -2.33. The predicted octanol–water partition coefficient (Wildman–Crippen LogP) is 2.50. The minimum Gasteiger partial charge on any atom is -0.464 e. The molecule has 136 valence electrons. The minimum atomic E-state index is -0.852. The molecule has 0 saturated carbocycles. The van der Waals surface area contributed by atoms with Crippen LogP contribution in [0.3, 0.4) is 0 Å². The van der Waals surface area contributed by atoms with E-state index in [0.29, 0.717) is 18.5 Å². The van der Waals surface area contributed by atoms with Gasteiger partial charge in [-0.1, -0.05) is 46.3 Å². The quantitative estimate of drug-likeness (QED) is 0.420. The van der Waals surface area contributed by atoms with Gasteiger partial charge in [0.1, 0.15) is 12.3 Å². The Labute approximate surface area is 154 Å². The molecule has 0 aromatic heterocycles. The molecule has 1 aromatic rings. The molecular weight excluding hydrogens is 394 g/mol. The van der Waals surface area contributed by atoms with Crippen LogP contribution < -0.4 is 5.32 Å². The highest BCUT2D eigenvalue weighted by atomic mass is 79.9. The molecule has 1 aliphatic heterocycles. The minimum absolute atomic E-state index is 0.0278. The molecule has 2 rings (SSSR count). The number of nitrogens with one attached hydrogen (secondary N) is 1. The summed E-state index contributed by atoms with van der Waals surface area (Å²) in [4.78, 5) is 23.8. The summed E-state index contributed by atoms with van der Waals surface area (Å²) in [6, 6.07) is 9.22. The van der Waals surface area contributed by atoms with Crippen molar-refractivity contribution in [1.82, 2.24) is 5.32 Å². The van der Waals surface area contributed by atoms with Crippen LogP contribution >= 0.6 is 15.9 Å². The summed E-state index contributed by atoms with van der Waals surface area (Å²) in [5.41, 5.74) is 0.812. The van der Waals surface area contributed by atoms with E-state index in [1.807, 2.05) is 30.3 Å². The number of rotatable bonds is 7. The number of hydrogen-bond acceptors (Lipinski definition) is 6. The number of ether oxygens (including phenoxy) is 4. The Morgan fingerprint density at radius 3 is 2.56 bits per heavy atom. The fraction of sp³-hybridized carbons (Fsp3) is 0.412. The molecule has 1 aromatic carbocycles. The van der Waals surface area contributed by atoms with Crippen molar-refractivity contribution in [3.63, 3.8) is 0 Å². The second kappa shape index (κ2) is 9.55. The zero-order chi connectivity index (χ0) is 18.1. The molecule has 1 aliphatic rings. The van der Waals surface area contributed by atoms with Crippen LogP contribution in [-0.4, -0.2) is 43.5 Å². The van der Waals surface area contributed by atoms with Crippen molar-refractivity contribution in [3.8, 4) is 0 Å². The van der Waals surface area contributed by atoms with Crippen molar-refractivity contribution in [1.29, 1.82) is 0 Å². The number of esters is 1. The van der Waals surface area contributed by atoms with Gasteiger partial charge in [0.2, 0.25) is 0 Å². The molecule has 7 nitrogen and oxygen atoms in total. The highest BCUT2D eigenvalue weighted by Crippen LogP contribution is 2.26. The van der Waals surface area contributed by atoms with Gasteiger partial charge in [-0.25, -0.2) is 9.59 Å². The monoisotopic (exact) mass is 413 g/mol. The van der Waals surface area contributed by atoms with E-state index in [0.717, 1.165) is 5.56 Å². The summed E-state index contributed by atoms with van der Waals surface area (Å²) in [5.74, 6) is -1.53. The number of hydrogen-bond donors (Lipinski definition) is 1. The number of carbonyl (C=O) groups is 2. The zero-order valence-corrected chi connectivity index (χ0v) is 15.4. The number of halogens is 1. The van der Waals surface area contributed by atoms with Crippen LogP contribution in [0.15, 0.2) is 42.1 Å². The first-order chi connectivity index (χ1) is 12.1. The van der Waals surface area contributed by atoms with Crippen molar-refractivity contribution >= 4 is 28.0 Å². The third-order valence-electron chi connectivity index (χ3n) is 3.49. The third kappa shape index (κ3) is 5.84. The SMILES string of the molecule is COC(=O)C(=CCC1(CBr)OCCO1)NC(=O)OCc1ccccc1.